The molecule has 2 aliphatic rings. The topological polar surface area (TPSA) is 85.8 Å². The summed E-state index contributed by atoms with van der Waals surface area (Å²) in [7, 11) is 0. The standard InChI is InChI=1S/C18H25N5OS2/c1-17(2)11-6-7-18(17,3)13(9-11)20-14(24)10-26-16-22-21-15(23(16)19)12-5-4-8-25-12/h4-5,8,11,13H,6-7,9-10,19H2,1-3H3,(H,20,24)/t11-,13+,18-/m0/s1. The van der Waals surface area contributed by atoms with Crippen molar-refractivity contribution in [1.29, 1.82) is 0 Å². The molecule has 0 radical (unpaired) electrons. The second-order valence-corrected chi connectivity index (χ2v) is 10.1. The first-order valence-electron chi connectivity index (χ1n) is 8.99. The van der Waals surface area contributed by atoms with Crippen LogP contribution in [0.1, 0.15) is 40.0 Å². The molecule has 2 bridgehead atoms. The van der Waals surface area contributed by atoms with Gasteiger partial charge in [-0.3, -0.25) is 4.79 Å². The quantitative estimate of drug-likeness (QED) is 0.604. The number of nitrogens with zero attached hydrogens (tertiary/aromatic N) is 3. The van der Waals surface area contributed by atoms with E-state index in [1.165, 1.54) is 29.3 Å². The van der Waals surface area contributed by atoms with Crippen molar-refractivity contribution >= 4 is 29.0 Å². The molecule has 3 atom stereocenters. The number of hydrogen-bond donors (Lipinski definition) is 2. The van der Waals surface area contributed by atoms with Gasteiger partial charge in [-0.05, 0) is 47.5 Å². The van der Waals surface area contributed by atoms with E-state index in [0.717, 1.165) is 11.3 Å². The minimum Gasteiger partial charge on any atom is -0.352 e. The number of rotatable bonds is 5. The molecule has 140 valence electrons. The average Bonchev–Trinajstić information content (AvgIpc) is 3.31. The van der Waals surface area contributed by atoms with E-state index < -0.39 is 0 Å². The highest BCUT2D eigenvalue weighted by Gasteiger charge is 2.61. The minimum absolute atomic E-state index is 0.0465. The second kappa shape index (κ2) is 6.27. The van der Waals surface area contributed by atoms with Crippen molar-refractivity contribution in [3.05, 3.63) is 17.5 Å². The Morgan fingerprint density at radius 3 is 2.88 bits per heavy atom. The highest BCUT2D eigenvalue weighted by Crippen LogP contribution is 2.65. The van der Waals surface area contributed by atoms with Gasteiger partial charge >= 0.3 is 0 Å². The first-order chi connectivity index (χ1) is 12.3. The number of aromatic nitrogens is 3. The van der Waals surface area contributed by atoms with Crippen LogP contribution in [-0.4, -0.2) is 32.6 Å². The van der Waals surface area contributed by atoms with Crippen LogP contribution in [0.25, 0.3) is 10.7 Å². The molecule has 0 spiro atoms. The summed E-state index contributed by atoms with van der Waals surface area (Å²) in [5, 5.41) is 14.1. The summed E-state index contributed by atoms with van der Waals surface area (Å²) < 4.78 is 1.46. The molecule has 4 rings (SSSR count). The zero-order valence-electron chi connectivity index (χ0n) is 15.4. The molecule has 2 fully saturated rings. The van der Waals surface area contributed by atoms with E-state index in [-0.39, 0.29) is 17.4 Å². The molecule has 3 N–H and O–H groups in total. The molecular formula is C18H25N5OS2. The second-order valence-electron chi connectivity index (χ2n) is 8.17. The van der Waals surface area contributed by atoms with Crippen LogP contribution in [-0.2, 0) is 4.79 Å². The Morgan fingerprint density at radius 2 is 2.27 bits per heavy atom. The van der Waals surface area contributed by atoms with Crippen molar-refractivity contribution in [2.24, 2.45) is 16.7 Å². The molecular weight excluding hydrogens is 366 g/mol. The van der Waals surface area contributed by atoms with Crippen molar-refractivity contribution in [3.63, 3.8) is 0 Å². The van der Waals surface area contributed by atoms with Gasteiger partial charge in [0.25, 0.3) is 0 Å². The van der Waals surface area contributed by atoms with E-state index in [2.05, 4.69) is 36.3 Å². The molecule has 2 heterocycles. The molecule has 6 nitrogen and oxygen atoms in total. The largest absolute Gasteiger partial charge is 0.352 e. The number of amides is 1. The van der Waals surface area contributed by atoms with Gasteiger partial charge < -0.3 is 11.2 Å². The van der Waals surface area contributed by atoms with Crippen LogP contribution in [0, 0.1) is 16.7 Å². The van der Waals surface area contributed by atoms with Crippen LogP contribution in [0.15, 0.2) is 22.7 Å². The van der Waals surface area contributed by atoms with Gasteiger partial charge in [-0.15, -0.1) is 21.5 Å². The van der Waals surface area contributed by atoms with E-state index in [4.69, 9.17) is 5.84 Å². The van der Waals surface area contributed by atoms with Gasteiger partial charge in [0, 0.05) is 6.04 Å². The number of thioether (sulfide) groups is 1. The Morgan fingerprint density at radius 1 is 1.46 bits per heavy atom. The molecule has 0 aromatic carbocycles. The van der Waals surface area contributed by atoms with E-state index in [1.807, 2.05) is 17.5 Å². The van der Waals surface area contributed by atoms with E-state index >= 15 is 0 Å². The van der Waals surface area contributed by atoms with Crippen LogP contribution in [0.3, 0.4) is 0 Å². The molecule has 2 aromatic rings. The molecule has 1 amide bonds. The summed E-state index contributed by atoms with van der Waals surface area (Å²) in [4.78, 5) is 13.5. The minimum atomic E-state index is 0.0465. The lowest BCUT2D eigenvalue weighted by atomic mass is 9.69. The molecule has 8 heteroatoms. The number of carbonyl (C=O) groups excluding carboxylic acids is 1. The van der Waals surface area contributed by atoms with Crippen LogP contribution >= 0.6 is 23.1 Å². The SMILES string of the molecule is CC1(C)[C@H]2CC[C@@]1(C)[C@H](NC(=O)CSc1nnc(-c3cccs3)n1N)C2. The van der Waals surface area contributed by atoms with Gasteiger partial charge in [-0.1, -0.05) is 38.6 Å². The van der Waals surface area contributed by atoms with Gasteiger partial charge in [0.15, 0.2) is 5.82 Å². The monoisotopic (exact) mass is 391 g/mol. The Kier molecular flexibility index (Phi) is 4.30. The van der Waals surface area contributed by atoms with Crippen molar-refractivity contribution in [2.45, 2.75) is 51.2 Å². The van der Waals surface area contributed by atoms with Crippen molar-refractivity contribution in [2.75, 3.05) is 11.6 Å². The number of hydrogen-bond acceptors (Lipinski definition) is 6. The van der Waals surface area contributed by atoms with Crippen molar-refractivity contribution in [3.8, 4) is 10.7 Å². The van der Waals surface area contributed by atoms with E-state index in [9.17, 15) is 4.79 Å². The maximum atomic E-state index is 12.5. The number of thiophene rings is 1. The maximum Gasteiger partial charge on any atom is 0.230 e. The predicted octanol–water partition coefficient (Wildman–Crippen LogP) is 3.14. The number of nitrogens with one attached hydrogen (secondary N) is 1. The summed E-state index contributed by atoms with van der Waals surface area (Å²) >= 11 is 2.90. The lowest BCUT2D eigenvalue weighted by molar-refractivity contribution is -0.120. The van der Waals surface area contributed by atoms with Crippen LogP contribution < -0.4 is 11.2 Å². The smallest absolute Gasteiger partial charge is 0.230 e. The molecule has 0 saturated heterocycles. The van der Waals surface area contributed by atoms with Crippen LogP contribution in [0.4, 0.5) is 0 Å². The summed E-state index contributed by atoms with van der Waals surface area (Å²) in [5.74, 6) is 7.79. The highest BCUT2D eigenvalue weighted by molar-refractivity contribution is 7.99. The molecule has 26 heavy (non-hydrogen) atoms. The summed E-state index contributed by atoms with van der Waals surface area (Å²) in [6.07, 6.45) is 3.58. The lowest BCUT2D eigenvalue weighted by Gasteiger charge is -2.39. The zero-order valence-corrected chi connectivity index (χ0v) is 17.0. The molecule has 2 aliphatic carbocycles. The Balaban J connectivity index is 1.37. The zero-order chi connectivity index (χ0) is 18.5. The van der Waals surface area contributed by atoms with Gasteiger partial charge in [0.1, 0.15) is 0 Å². The van der Waals surface area contributed by atoms with E-state index in [1.54, 1.807) is 11.3 Å². The fourth-order valence-corrected chi connectivity index (χ4v) is 6.11. The number of nitrogens with two attached hydrogens (primary N) is 1. The molecule has 2 aromatic heterocycles. The Labute approximate surface area is 161 Å². The Hall–Kier alpha value is -1.54. The third-order valence-electron chi connectivity index (χ3n) is 6.87. The summed E-state index contributed by atoms with van der Waals surface area (Å²) in [6.45, 7) is 7.05. The van der Waals surface area contributed by atoms with Crippen molar-refractivity contribution in [1.82, 2.24) is 20.2 Å². The fraction of sp³-hybridized carbons (Fsp3) is 0.611. The van der Waals surface area contributed by atoms with Crippen molar-refractivity contribution < 1.29 is 4.79 Å². The normalized spacial score (nSPS) is 29.2. The van der Waals surface area contributed by atoms with Crippen LogP contribution in [0.5, 0.6) is 0 Å². The van der Waals surface area contributed by atoms with Gasteiger partial charge in [0.2, 0.25) is 11.1 Å². The number of carbonyl (C=O) groups is 1. The number of fused-ring (bicyclic) bond motifs is 2. The third kappa shape index (κ3) is 2.65. The summed E-state index contributed by atoms with van der Waals surface area (Å²) in [6, 6.07) is 4.17. The fourth-order valence-electron chi connectivity index (χ4n) is 4.74. The molecule has 0 aliphatic heterocycles. The Bertz CT molecular complexity index is 816. The predicted molar refractivity (Wildman–Crippen MR) is 105 cm³/mol. The van der Waals surface area contributed by atoms with Crippen LogP contribution in [0.2, 0.25) is 0 Å². The summed E-state index contributed by atoms with van der Waals surface area (Å²) in [5.41, 5.74) is 0.489. The maximum absolute atomic E-state index is 12.5. The van der Waals surface area contributed by atoms with Gasteiger partial charge in [0.05, 0.1) is 10.6 Å². The molecule has 2 saturated carbocycles. The molecule has 0 unspecified atom stereocenters. The highest BCUT2D eigenvalue weighted by atomic mass is 32.2. The van der Waals surface area contributed by atoms with Gasteiger partial charge in [-0.2, -0.15) is 0 Å². The third-order valence-corrected chi connectivity index (χ3v) is 8.68. The first kappa shape index (κ1) is 17.9. The van der Waals surface area contributed by atoms with Gasteiger partial charge in [-0.25, -0.2) is 4.68 Å². The number of nitrogen functional groups attached to an aromatic ring is 1. The first-order valence-corrected chi connectivity index (χ1v) is 10.9. The van der Waals surface area contributed by atoms with E-state index in [0.29, 0.717) is 28.1 Å². The lowest BCUT2D eigenvalue weighted by Crippen LogP contribution is -2.47. The average molecular weight is 392 g/mol.